The van der Waals surface area contributed by atoms with Crippen LogP contribution in [0.2, 0.25) is 0 Å². The van der Waals surface area contributed by atoms with Crippen LogP contribution in [0.15, 0.2) is 42.5 Å². The SMILES string of the molecule is CCc1ccc(F)cc1C1(S(=O)(=O)Cc2ccc(C(F)(F)F)cc2)CCC(O)CC1. The summed E-state index contributed by atoms with van der Waals surface area (Å²) in [6, 6.07) is 8.17. The zero-order valence-corrected chi connectivity index (χ0v) is 17.4. The largest absolute Gasteiger partial charge is 0.416 e. The number of hydrogen-bond acceptors (Lipinski definition) is 3. The Morgan fingerprint density at radius 3 is 2.20 bits per heavy atom. The molecule has 0 bridgehead atoms. The second-order valence-corrected chi connectivity index (χ2v) is 10.1. The van der Waals surface area contributed by atoms with E-state index in [1.807, 2.05) is 6.92 Å². The zero-order valence-electron chi connectivity index (χ0n) is 16.5. The first-order valence-corrected chi connectivity index (χ1v) is 11.5. The third-order valence-corrected chi connectivity index (χ3v) is 8.47. The number of aliphatic hydroxyl groups is 1. The Balaban J connectivity index is 2.05. The Kier molecular flexibility index (Phi) is 6.30. The van der Waals surface area contributed by atoms with E-state index in [2.05, 4.69) is 0 Å². The molecule has 0 spiro atoms. The summed E-state index contributed by atoms with van der Waals surface area (Å²) in [6.07, 6.45) is -3.84. The van der Waals surface area contributed by atoms with Gasteiger partial charge in [0.25, 0.3) is 0 Å². The average molecular weight is 444 g/mol. The summed E-state index contributed by atoms with van der Waals surface area (Å²) in [6.45, 7) is 1.85. The highest BCUT2D eigenvalue weighted by Crippen LogP contribution is 2.47. The third kappa shape index (κ3) is 4.39. The fraction of sp³-hybridized carbons (Fsp3) is 0.455. The van der Waals surface area contributed by atoms with Gasteiger partial charge in [0, 0.05) is 0 Å². The van der Waals surface area contributed by atoms with E-state index in [4.69, 9.17) is 0 Å². The highest BCUT2D eigenvalue weighted by molar-refractivity contribution is 7.91. The maximum Gasteiger partial charge on any atom is 0.416 e. The molecule has 0 aliphatic heterocycles. The molecule has 2 aromatic carbocycles. The van der Waals surface area contributed by atoms with Crippen molar-refractivity contribution in [2.45, 2.75) is 61.8 Å². The Morgan fingerprint density at radius 2 is 1.67 bits per heavy atom. The minimum Gasteiger partial charge on any atom is -0.393 e. The number of sulfone groups is 1. The molecule has 2 aromatic rings. The molecule has 1 N–H and O–H groups in total. The topological polar surface area (TPSA) is 54.4 Å². The van der Waals surface area contributed by atoms with E-state index in [-0.39, 0.29) is 31.2 Å². The standard InChI is InChI=1S/C22H24F4O3S/c1-2-16-5-8-18(23)13-20(16)21(11-9-19(27)10-12-21)30(28,29)14-15-3-6-17(7-4-15)22(24,25)26/h3-8,13,19,27H,2,9-12,14H2,1H3. The second kappa shape index (κ2) is 8.30. The van der Waals surface area contributed by atoms with E-state index in [1.54, 1.807) is 6.07 Å². The van der Waals surface area contributed by atoms with Crippen molar-refractivity contribution in [3.8, 4) is 0 Å². The van der Waals surface area contributed by atoms with Crippen molar-refractivity contribution in [2.75, 3.05) is 0 Å². The van der Waals surface area contributed by atoms with Gasteiger partial charge < -0.3 is 5.11 Å². The first kappa shape index (κ1) is 22.7. The highest BCUT2D eigenvalue weighted by atomic mass is 32.2. The van der Waals surface area contributed by atoms with Gasteiger partial charge in [0.2, 0.25) is 0 Å². The number of hydrogen-bond donors (Lipinski definition) is 1. The van der Waals surface area contributed by atoms with E-state index in [0.717, 1.165) is 24.3 Å². The van der Waals surface area contributed by atoms with Crippen LogP contribution in [0.25, 0.3) is 0 Å². The molecular formula is C22H24F4O3S. The van der Waals surface area contributed by atoms with Crippen LogP contribution in [0, 0.1) is 5.82 Å². The van der Waals surface area contributed by atoms with Crippen molar-refractivity contribution in [1.82, 2.24) is 0 Å². The molecule has 1 aliphatic rings. The molecule has 0 unspecified atom stereocenters. The van der Waals surface area contributed by atoms with E-state index in [0.29, 0.717) is 17.5 Å². The van der Waals surface area contributed by atoms with Crippen LogP contribution >= 0.6 is 0 Å². The molecular weight excluding hydrogens is 420 g/mol. The molecule has 3 rings (SSSR count). The van der Waals surface area contributed by atoms with Crippen LogP contribution in [0.1, 0.15) is 54.9 Å². The first-order valence-electron chi connectivity index (χ1n) is 9.84. The van der Waals surface area contributed by atoms with Gasteiger partial charge in [-0.2, -0.15) is 13.2 Å². The number of benzene rings is 2. The maximum absolute atomic E-state index is 14.1. The number of halogens is 4. The van der Waals surface area contributed by atoms with E-state index in [1.165, 1.54) is 12.1 Å². The number of rotatable bonds is 5. The van der Waals surface area contributed by atoms with Gasteiger partial charge in [-0.25, -0.2) is 12.8 Å². The van der Waals surface area contributed by atoms with Crippen LogP contribution in [-0.4, -0.2) is 19.6 Å². The summed E-state index contributed by atoms with van der Waals surface area (Å²) in [5.41, 5.74) is 0.494. The summed E-state index contributed by atoms with van der Waals surface area (Å²) < 4.78 is 78.4. The lowest BCUT2D eigenvalue weighted by Gasteiger charge is -2.40. The Morgan fingerprint density at radius 1 is 1.07 bits per heavy atom. The highest BCUT2D eigenvalue weighted by Gasteiger charge is 2.48. The Hall–Kier alpha value is -1.93. The molecule has 30 heavy (non-hydrogen) atoms. The van der Waals surface area contributed by atoms with Gasteiger partial charge in [-0.3, -0.25) is 0 Å². The minimum atomic E-state index is -4.50. The molecule has 3 nitrogen and oxygen atoms in total. The first-order chi connectivity index (χ1) is 14.0. The summed E-state index contributed by atoms with van der Waals surface area (Å²) in [7, 11) is -3.93. The van der Waals surface area contributed by atoms with Gasteiger partial charge in [0.05, 0.1) is 22.2 Å². The van der Waals surface area contributed by atoms with Crippen molar-refractivity contribution >= 4 is 9.84 Å². The molecule has 0 heterocycles. The monoisotopic (exact) mass is 444 g/mol. The lowest BCUT2D eigenvalue weighted by Crippen LogP contribution is -2.42. The number of aryl methyl sites for hydroxylation is 1. The van der Waals surface area contributed by atoms with Crippen LogP contribution in [0.5, 0.6) is 0 Å². The van der Waals surface area contributed by atoms with Gasteiger partial charge in [-0.1, -0.05) is 25.1 Å². The lowest BCUT2D eigenvalue weighted by molar-refractivity contribution is -0.137. The zero-order chi connectivity index (χ0) is 22.2. The van der Waals surface area contributed by atoms with Gasteiger partial charge >= 0.3 is 6.18 Å². The molecule has 164 valence electrons. The van der Waals surface area contributed by atoms with Gasteiger partial charge in [-0.15, -0.1) is 0 Å². The van der Waals surface area contributed by atoms with E-state index >= 15 is 0 Å². The number of aliphatic hydroxyl groups excluding tert-OH is 1. The average Bonchev–Trinajstić information content (AvgIpc) is 2.68. The smallest absolute Gasteiger partial charge is 0.393 e. The van der Waals surface area contributed by atoms with E-state index < -0.39 is 44.0 Å². The van der Waals surface area contributed by atoms with E-state index in [9.17, 15) is 31.1 Å². The molecule has 0 saturated heterocycles. The summed E-state index contributed by atoms with van der Waals surface area (Å²) in [5.74, 6) is -1.00. The Bertz CT molecular complexity index is 990. The van der Waals surface area contributed by atoms with Crippen molar-refractivity contribution in [2.24, 2.45) is 0 Å². The summed E-state index contributed by atoms with van der Waals surface area (Å²) in [5, 5.41) is 9.96. The second-order valence-electron chi connectivity index (χ2n) is 7.83. The number of alkyl halides is 3. The fourth-order valence-electron chi connectivity index (χ4n) is 4.25. The molecule has 0 atom stereocenters. The van der Waals surface area contributed by atoms with Gasteiger partial charge in [0.15, 0.2) is 9.84 Å². The van der Waals surface area contributed by atoms with Crippen LogP contribution in [0.4, 0.5) is 17.6 Å². The summed E-state index contributed by atoms with van der Waals surface area (Å²) >= 11 is 0. The van der Waals surface area contributed by atoms with Gasteiger partial charge in [0.1, 0.15) is 5.82 Å². The minimum absolute atomic E-state index is 0.133. The molecule has 1 aliphatic carbocycles. The van der Waals surface area contributed by atoms with Crippen LogP contribution < -0.4 is 0 Å². The van der Waals surface area contributed by atoms with Crippen LogP contribution in [0.3, 0.4) is 0 Å². The molecule has 0 aromatic heterocycles. The van der Waals surface area contributed by atoms with Crippen molar-refractivity contribution < 1.29 is 31.1 Å². The Labute approximate surface area is 173 Å². The van der Waals surface area contributed by atoms with Crippen LogP contribution in [-0.2, 0) is 32.9 Å². The van der Waals surface area contributed by atoms with Crippen molar-refractivity contribution in [3.05, 3.63) is 70.5 Å². The molecule has 1 fully saturated rings. The van der Waals surface area contributed by atoms with Gasteiger partial charge in [-0.05, 0) is 73.1 Å². The molecule has 1 saturated carbocycles. The van der Waals surface area contributed by atoms with Crippen molar-refractivity contribution in [3.63, 3.8) is 0 Å². The molecule has 0 radical (unpaired) electrons. The molecule has 0 amide bonds. The normalized spacial score (nSPS) is 22.8. The third-order valence-electron chi connectivity index (χ3n) is 5.94. The quantitative estimate of drug-likeness (QED) is 0.649. The predicted molar refractivity (Wildman–Crippen MR) is 106 cm³/mol. The predicted octanol–water partition coefficient (Wildman–Crippen LogP) is 5.15. The maximum atomic E-state index is 14.1. The fourth-order valence-corrected chi connectivity index (χ4v) is 6.54. The summed E-state index contributed by atoms with van der Waals surface area (Å²) in [4.78, 5) is 0. The molecule has 8 heteroatoms. The lowest BCUT2D eigenvalue weighted by atomic mass is 9.79. The van der Waals surface area contributed by atoms with Crippen molar-refractivity contribution in [1.29, 1.82) is 0 Å².